The molecule has 1 N–H and O–H groups in total. The van der Waals surface area contributed by atoms with Gasteiger partial charge in [0.05, 0.1) is 11.4 Å². The van der Waals surface area contributed by atoms with Gasteiger partial charge in [0.1, 0.15) is 6.54 Å². The van der Waals surface area contributed by atoms with Gasteiger partial charge < -0.3 is 15.1 Å². The van der Waals surface area contributed by atoms with Crippen molar-refractivity contribution in [2.45, 2.75) is 33.2 Å². The van der Waals surface area contributed by atoms with Gasteiger partial charge in [0.15, 0.2) is 0 Å². The van der Waals surface area contributed by atoms with Crippen LogP contribution in [0.2, 0.25) is 0 Å². The molecule has 0 radical (unpaired) electrons. The molecule has 1 heterocycles. The number of amides is 3. The summed E-state index contributed by atoms with van der Waals surface area (Å²) in [5.41, 5.74) is 3.96. The highest BCUT2D eigenvalue weighted by Gasteiger charge is 2.30. The van der Waals surface area contributed by atoms with Crippen LogP contribution in [0, 0.1) is 13.8 Å². The van der Waals surface area contributed by atoms with E-state index >= 15 is 0 Å². The summed E-state index contributed by atoms with van der Waals surface area (Å²) in [4.78, 5) is 41.0. The number of hydrogen-bond donors (Lipinski definition) is 1. The Hall–Kier alpha value is -3.15. The van der Waals surface area contributed by atoms with Gasteiger partial charge in [-0.15, -0.1) is 0 Å². The average molecular weight is 379 g/mol. The molecule has 6 heteroatoms. The molecule has 1 atom stereocenters. The first-order valence-corrected chi connectivity index (χ1v) is 9.31. The van der Waals surface area contributed by atoms with E-state index in [0.717, 1.165) is 11.1 Å². The van der Waals surface area contributed by atoms with Gasteiger partial charge in [0.25, 0.3) is 5.91 Å². The van der Waals surface area contributed by atoms with Crippen molar-refractivity contribution in [3.05, 3.63) is 59.2 Å². The Morgan fingerprint density at radius 1 is 1.14 bits per heavy atom. The molecule has 0 aromatic heterocycles. The molecule has 2 aromatic rings. The largest absolute Gasteiger partial charge is 0.332 e. The maximum absolute atomic E-state index is 13.1. The molecular formula is C22H25N3O3. The fourth-order valence-electron chi connectivity index (χ4n) is 3.41. The SMILES string of the molecule is Cc1ccc(C(=O)N(C)CC(=O)N2c3ccccc3NC(=O)CC2C)cc1C. The minimum absolute atomic E-state index is 0.0708. The Balaban J connectivity index is 1.82. The summed E-state index contributed by atoms with van der Waals surface area (Å²) in [5, 5.41) is 2.84. The Bertz CT molecular complexity index is 938. The van der Waals surface area contributed by atoms with Crippen LogP contribution < -0.4 is 10.2 Å². The molecule has 2 aromatic carbocycles. The van der Waals surface area contributed by atoms with Gasteiger partial charge in [0, 0.05) is 25.1 Å². The van der Waals surface area contributed by atoms with Crippen LogP contribution in [0.15, 0.2) is 42.5 Å². The third kappa shape index (κ3) is 3.91. The van der Waals surface area contributed by atoms with Gasteiger partial charge in [0.2, 0.25) is 11.8 Å². The number of anilines is 2. The summed E-state index contributed by atoms with van der Waals surface area (Å²) in [5.74, 6) is -0.563. The van der Waals surface area contributed by atoms with E-state index in [-0.39, 0.29) is 36.7 Å². The van der Waals surface area contributed by atoms with Gasteiger partial charge in [-0.3, -0.25) is 14.4 Å². The number of nitrogens with one attached hydrogen (secondary N) is 1. The molecule has 0 fully saturated rings. The lowest BCUT2D eigenvalue weighted by Gasteiger charge is -2.29. The molecule has 1 aliphatic rings. The number of fused-ring (bicyclic) bond motifs is 1. The lowest BCUT2D eigenvalue weighted by molar-refractivity contribution is -0.119. The molecule has 1 unspecified atom stereocenters. The summed E-state index contributed by atoms with van der Waals surface area (Å²) in [6.45, 7) is 5.71. The van der Waals surface area contributed by atoms with Crippen molar-refractivity contribution in [1.82, 2.24) is 4.90 Å². The first-order valence-electron chi connectivity index (χ1n) is 9.31. The zero-order valence-electron chi connectivity index (χ0n) is 16.7. The number of nitrogens with zero attached hydrogens (tertiary/aromatic N) is 2. The first kappa shape index (κ1) is 19.6. The van der Waals surface area contributed by atoms with Crippen LogP contribution in [0.3, 0.4) is 0 Å². The summed E-state index contributed by atoms with van der Waals surface area (Å²) >= 11 is 0. The second-order valence-corrected chi connectivity index (χ2v) is 7.34. The van der Waals surface area contributed by atoms with Gasteiger partial charge >= 0.3 is 0 Å². The molecule has 0 aliphatic carbocycles. The van der Waals surface area contributed by atoms with Crippen molar-refractivity contribution in [3.8, 4) is 0 Å². The van der Waals surface area contributed by atoms with Crippen LogP contribution in [0.25, 0.3) is 0 Å². The maximum Gasteiger partial charge on any atom is 0.254 e. The first-order chi connectivity index (χ1) is 13.3. The minimum Gasteiger partial charge on any atom is -0.332 e. The zero-order chi connectivity index (χ0) is 20.4. The number of carbonyl (C=O) groups excluding carboxylic acids is 3. The molecule has 0 bridgehead atoms. The van der Waals surface area contributed by atoms with E-state index in [0.29, 0.717) is 16.9 Å². The van der Waals surface area contributed by atoms with E-state index in [9.17, 15) is 14.4 Å². The Labute approximate surface area is 165 Å². The third-order valence-electron chi connectivity index (χ3n) is 5.10. The van der Waals surface area contributed by atoms with Gasteiger partial charge in [-0.1, -0.05) is 18.2 Å². The predicted octanol–water partition coefficient (Wildman–Crippen LogP) is 3.14. The van der Waals surface area contributed by atoms with E-state index in [4.69, 9.17) is 0 Å². The number of aryl methyl sites for hydroxylation is 2. The number of carbonyl (C=O) groups is 3. The van der Waals surface area contributed by atoms with Gasteiger partial charge in [-0.2, -0.15) is 0 Å². The van der Waals surface area contributed by atoms with E-state index in [2.05, 4.69) is 5.32 Å². The Morgan fingerprint density at radius 3 is 2.57 bits per heavy atom. The van der Waals surface area contributed by atoms with Crippen LogP contribution in [0.5, 0.6) is 0 Å². The number of likely N-dealkylation sites (N-methyl/N-ethyl adjacent to an activating group) is 1. The summed E-state index contributed by atoms with van der Waals surface area (Å²) in [7, 11) is 1.62. The van der Waals surface area contributed by atoms with E-state index in [1.54, 1.807) is 30.1 Å². The molecule has 28 heavy (non-hydrogen) atoms. The van der Waals surface area contributed by atoms with Crippen LogP contribution in [-0.2, 0) is 9.59 Å². The molecule has 3 amide bonds. The normalized spacial score (nSPS) is 16.1. The lowest BCUT2D eigenvalue weighted by atomic mass is 10.1. The van der Waals surface area contributed by atoms with Crippen LogP contribution >= 0.6 is 0 Å². The Kier molecular flexibility index (Phi) is 5.49. The standard InChI is InChI=1S/C22H25N3O3/c1-14-9-10-17(11-15(14)2)22(28)24(4)13-21(27)25-16(3)12-20(26)23-18-7-5-6-8-19(18)25/h5-11,16H,12-13H2,1-4H3,(H,23,26). The highest BCUT2D eigenvalue weighted by atomic mass is 16.2. The van der Waals surface area contributed by atoms with E-state index in [1.807, 2.05) is 45.0 Å². The quantitative estimate of drug-likeness (QED) is 0.891. The highest BCUT2D eigenvalue weighted by molar-refractivity contribution is 6.06. The number of para-hydroxylation sites is 2. The smallest absolute Gasteiger partial charge is 0.254 e. The van der Waals surface area contributed by atoms with Crippen molar-refractivity contribution in [1.29, 1.82) is 0 Å². The summed E-state index contributed by atoms with van der Waals surface area (Å²) in [6.07, 6.45) is 0.204. The van der Waals surface area contributed by atoms with Crippen LogP contribution in [-0.4, -0.2) is 42.3 Å². The van der Waals surface area contributed by atoms with Crippen molar-refractivity contribution in [3.63, 3.8) is 0 Å². The minimum atomic E-state index is -0.304. The fourth-order valence-corrected chi connectivity index (χ4v) is 3.41. The average Bonchev–Trinajstić information content (AvgIpc) is 2.77. The lowest BCUT2D eigenvalue weighted by Crippen LogP contribution is -2.45. The van der Waals surface area contributed by atoms with Crippen molar-refractivity contribution < 1.29 is 14.4 Å². The Morgan fingerprint density at radius 2 is 1.86 bits per heavy atom. The van der Waals surface area contributed by atoms with Crippen molar-refractivity contribution in [2.75, 3.05) is 23.8 Å². The molecular weight excluding hydrogens is 354 g/mol. The summed E-state index contributed by atoms with van der Waals surface area (Å²) < 4.78 is 0. The summed E-state index contributed by atoms with van der Waals surface area (Å²) in [6, 6.07) is 12.4. The monoisotopic (exact) mass is 379 g/mol. The number of hydrogen-bond acceptors (Lipinski definition) is 3. The molecule has 6 nitrogen and oxygen atoms in total. The van der Waals surface area contributed by atoms with Crippen molar-refractivity contribution in [2.24, 2.45) is 0 Å². The number of benzene rings is 2. The topological polar surface area (TPSA) is 69.7 Å². The van der Waals surface area contributed by atoms with E-state index < -0.39 is 0 Å². The molecule has 1 aliphatic heterocycles. The number of rotatable bonds is 3. The van der Waals surface area contributed by atoms with Gasteiger partial charge in [-0.25, -0.2) is 0 Å². The van der Waals surface area contributed by atoms with Crippen LogP contribution in [0.1, 0.15) is 34.8 Å². The molecule has 3 rings (SSSR count). The predicted molar refractivity (Wildman–Crippen MR) is 110 cm³/mol. The van der Waals surface area contributed by atoms with Crippen LogP contribution in [0.4, 0.5) is 11.4 Å². The third-order valence-corrected chi connectivity index (χ3v) is 5.10. The second kappa shape index (κ2) is 7.84. The highest BCUT2D eigenvalue weighted by Crippen LogP contribution is 2.31. The zero-order valence-corrected chi connectivity index (χ0v) is 16.7. The molecule has 0 saturated carbocycles. The fraction of sp³-hybridized carbons (Fsp3) is 0.318. The maximum atomic E-state index is 13.1. The van der Waals surface area contributed by atoms with Gasteiger partial charge in [-0.05, 0) is 56.2 Å². The van der Waals surface area contributed by atoms with E-state index in [1.165, 1.54) is 4.90 Å². The van der Waals surface area contributed by atoms with Crippen molar-refractivity contribution >= 4 is 29.1 Å². The second-order valence-electron chi connectivity index (χ2n) is 7.34. The molecule has 146 valence electrons. The molecule has 0 saturated heterocycles. The molecule has 0 spiro atoms.